The molecule has 0 bridgehead atoms. The molecule has 8 heteroatoms. The Kier molecular flexibility index (Phi) is 6.69. The molecule has 1 rings (SSSR count). The summed E-state index contributed by atoms with van der Waals surface area (Å²) in [6.07, 6.45) is -0.600. The fourth-order valence-electron chi connectivity index (χ4n) is 1.70. The summed E-state index contributed by atoms with van der Waals surface area (Å²) >= 11 is 0. The van der Waals surface area contributed by atoms with Gasteiger partial charge in [-0.25, -0.2) is 9.59 Å². The van der Waals surface area contributed by atoms with E-state index >= 15 is 0 Å². The number of esters is 1. The van der Waals surface area contributed by atoms with E-state index in [-0.39, 0.29) is 31.1 Å². The Morgan fingerprint density at radius 3 is 2.25 bits per heavy atom. The van der Waals surface area contributed by atoms with Gasteiger partial charge in [0.2, 0.25) is 5.75 Å². The summed E-state index contributed by atoms with van der Waals surface area (Å²) in [6, 6.07) is 2.27. The van der Waals surface area contributed by atoms with Crippen LogP contribution in [0, 0.1) is 0 Å². The van der Waals surface area contributed by atoms with E-state index in [4.69, 9.17) is 14.2 Å². The van der Waals surface area contributed by atoms with Gasteiger partial charge in [-0.2, -0.15) is 0 Å². The predicted molar refractivity (Wildman–Crippen MR) is 85.5 cm³/mol. The first kappa shape index (κ1) is 19.4. The van der Waals surface area contributed by atoms with Crippen LogP contribution in [0.25, 0.3) is 0 Å². The standard InChI is InChI=1S/C16H23NO7/c1-5-22-14(20)10-8-11(18)13(12(19)9-10)23-7-6-17-15(21)24-16(2,3)4/h8-9,18-19H,5-7H2,1-4H3,(H,17,21). The summed E-state index contributed by atoms with van der Waals surface area (Å²) in [7, 11) is 0. The highest BCUT2D eigenvalue weighted by atomic mass is 16.6. The average molecular weight is 341 g/mol. The first-order valence-corrected chi connectivity index (χ1v) is 7.46. The highest BCUT2D eigenvalue weighted by Gasteiger charge is 2.17. The SMILES string of the molecule is CCOC(=O)c1cc(O)c(OCCNC(=O)OC(C)(C)C)c(O)c1. The van der Waals surface area contributed by atoms with E-state index < -0.39 is 29.2 Å². The Morgan fingerprint density at radius 2 is 1.75 bits per heavy atom. The lowest BCUT2D eigenvalue weighted by molar-refractivity contribution is 0.0510. The van der Waals surface area contributed by atoms with E-state index in [2.05, 4.69) is 5.32 Å². The molecule has 0 aliphatic rings. The molecule has 1 aromatic carbocycles. The van der Waals surface area contributed by atoms with Crippen molar-refractivity contribution in [1.82, 2.24) is 5.32 Å². The minimum Gasteiger partial charge on any atom is -0.504 e. The van der Waals surface area contributed by atoms with Gasteiger partial charge in [-0.3, -0.25) is 0 Å². The number of carbonyl (C=O) groups is 2. The summed E-state index contributed by atoms with van der Waals surface area (Å²) < 4.78 is 15.0. The zero-order valence-electron chi connectivity index (χ0n) is 14.2. The number of ether oxygens (including phenoxy) is 3. The van der Waals surface area contributed by atoms with Gasteiger partial charge in [0.05, 0.1) is 18.7 Å². The van der Waals surface area contributed by atoms with Crippen molar-refractivity contribution in [3.8, 4) is 17.2 Å². The number of phenolic OH excluding ortho intramolecular Hbond substituents is 2. The molecule has 0 spiro atoms. The van der Waals surface area contributed by atoms with Crippen molar-refractivity contribution < 1.29 is 34.0 Å². The van der Waals surface area contributed by atoms with Gasteiger partial charge < -0.3 is 29.7 Å². The van der Waals surface area contributed by atoms with Gasteiger partial charge in [0.25, 0.3) is 0 Å². The van der Waals surface area contributed by atoms with Gasteiger partial charge in [0.15, 0.2) is 11.5 Å². The molecule has 0 aromatic heterocycles. The van der Waals surface area contributed by atoms with Gasteiger partial charge in [-0.15, -0.1) is 0 Å². The van der Waals surface area contributed by atoms with Crippen LogP contribution in [0.3, 0.4) is 0 Å². The van der Waals surface area contributed by atoms with E-state index in [1.807, 2.05) is 0 Å². The number of hydrogen-bond acceptors (Lipinski definition) is 7. The molecule has 1 amide bonds. The van der Waals surface area contributed by atoms with Crippen LogP contribution in [0.1, 0.15) is 38.1 Å². The zero-order chi connectivity index (χ0) is 18.3. The maximum Gasteiger partial charge on any atom is 0.407 e. The van der Waals surface area contributed by atoms with Crippen LogP contribution in [0.4, 0.5) is 4.79 Å². The number of hydrogen-bond donors (Lipinski definition) is 3. The van der Waals surface area contributed by atoms with E-state index in [1.165, 1.54) is 0 Å². The summed E-state index contributed by atoms with van der Waals surface area (Å²) in [4.78, 5) is 23.0. The second kappa shape index (κ2) is 8.28. The number of rotatable bonds is 6. The summed E-state index contributed by atoms with van der Waals surface area (Å²) in [5.41, 5.74) is -0.601. The first-order chi connectivity index (χ1) is 11.1. The molecule has 3 N–H and O–H groups in total. The fraction of sp³-hybridized carbons (Fsp3) is 0.500. The molecule has 0 saturated carbocycles. The van der Waals surface area contributed by atoms with Crippen molar-refractivity contribution in [2.75, 3.05) is 19.8 Å². The quantitative estimate of drug-likeness (QED) is 0.536. The molecule has 0 unspecified atom stereocenters. The molecular formula is C16H23NO7. The normalized spacial score (nSPS) is 10.8. The Morgan fingerprint density at radius 1 is 1.17 bits per heavy atom. The van der Waals surface area contributed by atoms with Gasteiger partial charge in [0.1, 0.15) is 12.2 Å². The molecule has 0 heterocycles. The third-order valence-corrected chi connectivity index (χ3v) is 2.58. The molecule has 0 radical (unpaired) electrons. The number of amides is 1. The number of aromatic hydroxyl groups is 2. The van der Waals surface area contributed by atoms with E-state index in [1.54, 1.807) is 27.7 Å². The van der Waals surface area contributed by atoms with Crippen molar-refractivity contribution in [3.63, 3.8) is 0 Å². The third kappa shape index (κ3) is 6.23. The fourth-order valence-corrected chi connectivity index (χ4v) is 1.70. The van der Waals surface area contributed by atoms with Crippen LogP contribution in [0.2, 0.25) is 0 Å². The van der Waals surface area contributed by atoms with E-state index in [0.29, 0.717) is 0 Å². The molecule has 8 nitrogen and oxygen atoms in total. The van der Waals surface area contributed by atoms with Crippen molar-refractivity contribution in [2.45, 2.75) is 33.3 Å². The Balaban J connectivity index is 2.57. The number of carbonyl (C=O) groups excluding carboxylic acids is 2. The Labute approximate surface area is 140 Å². The van der Waals surface area contributed by atoms with Crippen LogP contribution in [-0.2, 0) is 9.47 Å². The lowest BCUT2D eigenvalue weighted by Crippen LogP contribution is -2.34. The van der Waals surface area contributed by atoms with Gasteiger partial charge in [-0.05, 0) is 39.8 Å². The smallest absolute Gasteiger partial charge is 0.407 e. The molecule has 24 heavy (non-hydrogen) atoms. The lowest BCUT2D eigenvalue weighted by Gasteiger charge is -2.19. The highest BCUT2D eigenvalue weighted by molar-refractivity contribution is 5.91. The summed E-state index contributed by atoms with van der Waals surface area (Å²) in [5.74, 6) is -1.67. The second-order valence-electron chi connectivity index (χ2n) is 5.84. The molecule has 0 aliphatic carbocycles. The van der Waals surface area contributed by atoms with Crippen molar-refractivity contribution in [1.29, 1.82) is 0 Å². The minimum atomic E-state index is -0.666. The largest absolute Gasteiger partial charge is 0.504 e. The molecule has 0 saturated heterocycles. The number of alkyl carbamates (subject to hydrolysis) is 1. The minimum absolute atomic E-state index is 0.00563. The average Bonchev–Trinajstić information content (AvgIpc) is 2.43. The maximum atomic E-state index is 11.6. The van der Waals surface area contributed by atoms with E-state index in [0.717, 1.165) is 12.1 Å². The molecule has 1 aromatic rings. The van der Waals surface area contributed by atoms with Crippen LogP contribution in [-0.4, -0.2) is 47.6 Å². The number of benzene rings is 1. The lowest BCUT2D eigenvalue weighted by atomic mass is 10.2. The number of nitrogens with one attached hydrogen (secondary N) is 1. The summed E-state index contributed by atoms with van der Waals surface area (Å²) in [6.45, 7) is 7.13. The molecule has 134 valence electrons. The number of phenols is 2. The zero-order valence-corrected chi connectivity index (χ0v) is 14.2. The van der Waals surface area contributed by atoms with Crippen LogP contribution in [0.5, 0.6) is 17.2 Å². The third-order valence-electron chi connectivity index (χ3n) is 2.58. The maximum absolute atomic E-state index is 11.6. The first-order valence-electron chi connectivity index (χ1n) is 7.46. The van der Waals surface area contributed by atoms with Crippen molar-refractivity contribution >= 4 is 12.1 Å². The Bertz CT molecular complexity index is 570. The van der Waals surface area contributed by atoms with E-state index in [9.17, 15) is 19.8 Å². The highest BCUT2D eigenvalue weighted by Crippen LogP contribution is 2.37. The monoisotopic (exact) mass is 341 g/mol. The van der Waals surface area contributed by atoms with Crippen LogP contribution >= 0.6 is 0 Å². The summed E-state index contributed by atoms with van der Waals surface area (Å²) in [5, 5.41) is 22.2. The van der Waals surface area contributed by atoms with Crippen molar-refractivity contribution in [2.24, 2.45) is 0 Å². The molecular weight excluding hydrogens is 318 g/mol. The van der Waals surface area contributed by atoms with Crippen LogP contribution < -0.4 is 10.1 Å². The molecule has 0 fully saturated rings. The topological polar surface area (TPSA) is 114 Å². The van der Waals surface area contributed by atoms with Crippen molar-refractivity contribution in [3.05, 3.63) is 17.7 Å². The molecule has 0 atom stereocenters. The van der Waals surface area contributed by atoms with Crippen LogP contribution in [0.15, 0.2) is 12.1 Å². The van der Waals surface area contributed by atoms with Gasteiger partial charge in [0, 0.05) is 0 Å². The molecule has 0 aliphatic heterocycles. The second-order valence-corrected chi connectivity index (χ2v) is 5.84. The van der Waals surface area contributed by atoms with Gasteiger partial charge >= 0.3 is 12.1 Å². The predicted octanol–water partition coefficient (Wildman–Crippen LogP) is 2.18. The van der Waals surface area contributed by atoms with Gasteiger partial charge in [-0.1, -0.05) is 0 Å². The Hall–Kier alpha value is -2.64.